The van der Waals surface area contributed by atoms with Gasteiger partial charge in [-0.25, -0.2) is 15.0 Å². The first-order valence-electron chi connectivity index (χ1n) is 8.29. The van der Waals surface area contributed by atoms with Gasteiger partial charge in [-0.05, 0) is 38.0 Å². The average Bonchev–Trinajstić information content (AvgIpc) is 2.81. The summed E-state index contributed by atoms with van der Waals surface area (Å²) in [5.41, 5.74) is 2.91. The Balaban J connectivity index is 2.18. The molecule has 1 aromatic carbocycles. The molecule has 0 saturated heterocycles. The molecule has 0 atom stereocenters. The van der Waals surface area contributed by atoms with E-state index in [4.69, 9.17) is 0 Å². The first-order valence-corrected chi connectivity index (χ1v) is 8.29. The summed E-state index contributed by atoms with van der Waals surface area (Å²) in [6.45, 7) is 9.31. The molecule has 1 aliphatic rings. The number of fused-ring (bicyclic) bond motifs is 1. The lowest BCUT2D eigenvalue weighted by Gasteiger charge is -2.19. The highest BCUT2D eigenvalue weighted by Crippen LogP contribution is 2.43. The summed E-state index contributed by atoms with van der Waals surface area (Å²) in [6, 6.07) is 5.94. The number of hydrogen-bond donors (Lipinski definition) is 0. The van der Waals surface area contributed by atoms with E-state index < -0.39 is 5.41 Å². The molecule has 6 heteroatoms. The molecule has 3 rings (SSSR count). The Morgan fingerprint density at radius 3 is 2.54 bits per heavy atom. The second-order valence-electron chi connectivity index (χ2n) is 6.57. The number of aliphatic imine (C=N–C) groups is 2. The highest BCUT2D eigenvalue weighted by atomic mass is 16.2. The maximum absolute atomic E-state index is 13.1. The molecule has 0 spiro atoms. The van der Waals surface area contributed by atoms with Gasteiger partial charge in [0.25, 0.3) is 0 Å². The van der Waals surface area contributed by atoms with Crippen molar-refractivity contribution in [3.63, 3.8) is 0 Å². The predicted molar refractivity (Wildman–Crippen MR) is 105 cm³/mol. The van der Waals surface area contributed by atoms with E-state index >= 15 is 0 Å². The van der Waals surface area contributed by atoms with Gasteiger partial charge < -0.3 is 0 Å². The second-order valence-corrected chi connectivity index (χ2v) is 6.57. The average molecular weight is 347 g/mol. The zero-order valence-corrected chi connectivity index (χ0v) is 15.4. The Kier molecular flexibility index (Phi) is 4.50. The SMILES string of the molecule is C=CN=C(C=NC)N1C(=O)C(C)(C)c2ccc(-c3cnc(C)nc3)cc21. The second kappa shape index (κ2) is 6.63. The van der Waals surface area contributed by atoms with Crippen molar-refractivity contribution in [2.24, 2.45) is 9.98 Å². The van der Waals surface area contributed by atoms with E-state index in [1.54, 1.807) is 30.6 Å². The van der Waals surface area contributed by atoms with Crippen LogP contribution in [-0.4, -0.2) is 35.0 Å². The van der Waals surface area contributed by atoms with E-state index in [9.17, 15) is 4.79 Å². The number of carbonyl (C=O) groups is 1. The normalized spacial score (nSPS) is 16.2. The van der Waals surface area contributed by atoms with Gasteiger partial charge in [-0.1, -0.05) is 18.7 Å². The van der Waals surface area contributed by atoms with Crippen molar-refractivity contribution >= 4 is 23.6 Å². The molecule has 2 heterocycles. The molecular weight excluding hydrogens is 326 g/mol. The van der Waals surface area contributed by atoms with Crippen LogP contribution in [0.15, 0.2) is 53.4 Å². The Bertz CT molecular complexity index is 926. The fraction of sp³-hybridized carbons (Fsp3) is 0.250. The van der Waals surface area contributed by atoms with Crippen LogP contribution < -0.4 is 4.90 Å². The predicted octanol–water partition coefficient (Wildman–Crippen LogP) is 3.32. The van der Waals surface area contributed by atoms with Gasteiger partial charge in [-0.3, -0.25) is 14.7 Å². The summed E-state index contributed by atoms with van der Waals surface area (Å²) in [5.74, 6) is 1.11. The number of hydrogen-bond acceptors (Lipinski definition) is 5. The molecule has 26 heavy (non-hydrogen) atoms. The number of rotatable bonds is 3. The van der Waals surface area contributed by atoms with Crippen LogP contribution in [0.25, 0.3) is 11.1 Å². The van der Waals surface area contributed by atoms with Crippen LogP contribution in [0.4, 0.5) is 5.69 Å². The van der Waals surface area contributed by atoms with E-state index in [1.807, 2.05) is 39.0 Å². The summed E-state index contributed by atoms with van der Waals surface area (Å²) in [6.07, 6.45) is 6.53. The topological polar surface area (TPSA) is 70.8 Å². The van der Waals surface area contributed by atoms with Gasteiger partial charge in [0.1, 0.15) is 5.82 Å². The van der Waals surface area contributed by atoms with Crippen molar-refractivity contribution < 1.29 is 4.79 Å². The molecule has 0 aliphatic carbocycles. The smallest absolute Gasteiger partial charge is 0.242 e. The molecule has 2 aromatic rings. The monoisotopic (exact) mass is 347 g/mol. The van der Waals surface area contributed by atoms with Crippen LogP contribution in [0, 0.1) is 6.92 Å². The summed E-state index contributed by atoms with van der Waals surface area (Å²) < 4.78 is 0. The summed E-state index contributed by atoms with van der Waals surface area (Å²) >= 11 is 0. The Morgan fingerprint density at radius 1 is 1.23 bits per heavy atom. The number of aromatic nitrogens is 2. The molecule has 0 unspecified atom stereocenters. The third-order valence-electron chi connectivity index (χ3n) is 4.46. The summed E-state index contributed by atoms with van der Waals surface area (Å²) in [5, 5.41) is 0. The fourth-order valence-electron chi connectivity index (χ4n) is 3.06. The number of amides is 1. The van der Waals surface area contributed by atoms with Gasteiger partial charge in [0, 0.05) is 31.2 Å². The molecule has 132 valence electrons. The third-order valence-corrected chi connectivity index (χ3v) is 4.46. The minimum Gasteiger partial charge on any atom is -0.293 e. The Hall–Kier alpha value is -3.15. The molecule has 6 nitrogen and oxygen atoms in total. The van der Waals surface area contributed by atoms with Gasteiger partial charge in [-0.15, -0.1) is 0 Å². The first kappa shape index (κ1) is 17.7. The number of anilines is 1. The van der Waals surface area contributed by atoms with Crippen LogP contribution in [-0.2, 0) is 10.2 Å². The van der Waals surface area contributed by atoms with Crippen molar-refractivity contribution in [3.05, 3.63) is 54.8 Å². The molecule has 0 fully saturated rings. The van der Waals surface area contributed by atoms with Crippen LogP contribution in [0.5, 0.6) is 0 Å². The van der Waals surface area contributed by atoms with Gasteiger partial charge in [0.05, 0.1) is 17.3 Å². The lowest BCUT2D eigenvalue weighted by atomic mass is 9.85. The first-order chi connectivity index (χ1) is 12.4. The summed E-state index contributed by atoms with van der Waals surface area (Å²) in [7, 11) is 1.64. The van der Waals surface area contributed by atoms with Crippen LogP contribution in [0.1, 0.15) is 25.2 Å². The number of nitrogens with zero attached hydrogens (tertiary/aromatic N) is 5. The van der Waals surface area contributed by atoms with Crippen molar-refractivity contribution in [2.45, 2.75) is 26.2 Å². The molecule has 1 aliphatic heterocycles. The van der Waals surface area contributed by atoms with Crippen LogP contribution in [0.2, 0.25) is 0 Å². The maximum atomic E-state index is 13.1. The molecule has 0 saturated carbocycles. The van der Waals surface area contributed by atoms with Gasteiger partial charge in [-0.2, -0.15) is 0 Å². The lowest BCUT2D eigenvalue weighted by Crippen LogP contribution is -2.41. The fourth-order valence-corrected chi connectivity index (χ4v) is 3.06. The lowest BCUT2D eigenvalue weighted by molar-refractivity contribution is -0.121. The largest absolute Gasteiger partial charge is 0.293 e. The van der Waals surface area contributed by atoms with E-state index in [1.165, 1.54) is 6.20 Å². The molecule has 0 radical (unpaired) electrons. The van der Waals surface area contributed by atoms with E-state index in [-0.39, 0.29) is 5.91 Å². The Morgan fingerprint density at radius 2 is 1.92 bits per heavy atom. The number of aryl methyl sites for hydroxylation is 1. The van der Waals surface area contributed by atoms with Crippen molar-refractivity contribution in [1.29, 1.82) is 0 Å². The number of carbonyl (C=O) groups excluding carboxylic acids is 1. The van der Waals surface area contributed by atoms with Crippen molar-refractivity contribution in [3.8, 4) is 11.1 Å². The van der Waals surface area contributed by atoms with E-state index in [0.29, 0.717) is 11.7 Å². The molecule has 1 aromatic heterocycles. The third kappa shape index (κ3) is 2.83. The highest BCUT2D eigenvalue weighted by Gasteiger charge is 2.45. The van der Waals surface area contributed by atoms with Crippen LogP contribution >= 0.6 is 0 Å². The van der Waals surface area contributed by atoms with Crippen LogP contribution in [0.3, 0.4) is 0 Å². The summed E-state index contributed by atoms with van der Waals surface area (Å²) in [4.78, 5) is 31.5. The maximum Gasteiger partial charge on any atom is 0.242 e. The quantitative estimate of drug-likeness (QED) is 0.632. The minimum absolute atomic E-state index is 0.0506. The molecule has 0 bridgehead atoms. The Labute approximate surface area is 153 Å². The van der Waals surface area contributed by atoms with Gasteiger partial charge in [0.2, 0.25) is 5.91 Å². The van der Waals surface area contributed by atoms with Gasteiger partial charge in [0.15, 0.2) is 5.84 Å². The standard InChI is InChI=1S/C20H21N5O/c1-6-22-18(12-21-5)25-17-9-14(15-10-23-13(2)24-11-15)7-8-16(17)20(3,4)19(25)26/h6-12H,1H2,2-5H3. The zero-order chi connectivity index (χ0) is 18.9. The zero-order valence-electron chi connectivity index (χ0n) is 15.4. The number of amidine groups is 1. The number of benzene rings is 1. The van der Waals surface area contributed by atoms with Gasteiger partial charge >= 0.3 is 0 Å². The highest BCUT2D eigenvalue weighted by molar-refractivity contribution is 6.44. The molecule has 0 N–H and O–H groups in total. The minimum atomic E-state index is -0.652. The molecule has 1 amide bonds. The van der Waals surface area contributed by atoms with E-state index in [2.05, 4.69) is 26.5 Å². The molecular formula is C20H21N5O. The van der Waals surface area contributed by atoms with Crippen molar-refractivity contribution in [2.75, 3.05) is 11.9 Å². The van der Waals surface area contributed by atoms with E-state index in [0.717, 1.165) is 22.4 Å². The van der Waals surface area contributed by atoms with Crippen molar-refractivity contribution in [1.82, 2.24) is 9.97 Å².